The molecule has 0 bridgehead atoms. The van der Waals surface area contributed by atoms with Crippen LogP contribution in [0.2, 0.25) is 0 Å². The first kappa shape index (κ1) is 23.1. The first-order valence-corrected chi connectivity index (χ1v) is 14.0. The molecule has 0 aliphatic heterocycles. The maximum Gasteiger partial charge on any atom is 0.0489 e. The second-order valence-corrected chi connectivity index (χ2v) is 11.8. The molecule has 162 valence electrons. The monoisotopic (exact) mass is 430 g/mol. The van der Waals surface area contributed by atoms with Gasteiger partial charge in [-0.1, -0.05) is 90.9 Å². The summed E-state index contributed by atoms with van der Waals surface area (Å²) >= 11 is 4.09. The Morgan fingerprint density at radius 1 is 0.586 bits per heavy atom. The van der Waals surface area contributed by atoms with Crippen LogP contribution in [0.25, 0.3) is 9.75 Å². The van der Waals surface area contributed by atoms with Crippen LogP contribution in [0, 0.1) is 13.8 Å². The molecule has 0 N–H and O–H groups in total. The lowest BCUT2D eigenvalue weighted by atomic mass is 9.71. The lowest BCUT2D eigenvalue weighted by Gasteiger charge is -2.31. The minimum atomic E-state index is 0.315. The first-order valence-electron chi connectivity index (χ1n) is 12.3. The van der Waals surface area contributed by atoms with Crippen LogP contribution >= 0.6 is 22.7 Å². The van der Waals surface area contributed by atoms with Crippen LogP contribution in [-0.4, -0.2) is 0 Å². The van der Waals surface area contributed by atoms with Crippen LogP contribution < -0.4 is 0 Å². The number of aryl methyl sites for hydroxylation is 2. The predicted octanol–water partition coefficient (Wildman–Crippen LogP) is 10.2. The van der Waals surface area contributed by atoms with E-state index in [0.717, 1.165) is 0 Å². The van der Waals surface area contributed by atoms with Crippen molar-refractivity contribution in [3.8, 4) is 9.75 Å². The smallest absolute Gasteiger partial charge is 0.0489 e. The molecule has 1 aliphatic rings. The normalized spacial score (nSPS) is 14.3. The van der Waals surface area contributed by atoms with E-state index in [9.17, 15) is 0 Å². The molecule has 0 nitrogen and oxygen atoms in total. The average molecular weight is 431 g/mol. The zero-order valence-electron chi connectivity index (χ0n) is 19.4. The van der Waals surface area contributed by atoms with E-state index in [-0.39, 0.29) is 0 Å². The Bertz CT molecular complexity index is 684. The minimum Gasteiger partial charge on any atom is -0.139 e. The van der Waals surface area contributed by atoms with E-state index in [4.69, 9.17) is 0 Å². The molecule has 0 radical (unpaired) electrons. The van der Waals surface area contributed by atoms with Gasteiger partial charge in [0, 0.05) is 24.9 Å². The van der Waals surface area contributed by atoms with Crippen molar-refractivity contribution in [2.45, 2.75) is 123 Å². The van der Waals surface area contributed by atoms with Crippen molar-refractivity contribution in [2.24, 2.45) is 0 Å². The molecule has 2 aromatic rings. The second kappa shape index (κ2) is 11.1. The van der Waals surface area contributed by atoms with Gasteiger partial charge in [-0.25, -0.2) is 0 Å². The van der Waals surface area contributed by atoms with Gasteiger partial charge in [0.05, 0.1) is 0 Å². The molecule has 29 heavy (non-hydrogen) atoms. The van der Waals surface area contributed by atoms with Crippen molar-refractivity contribution in [2.75, 3.05) is 0 Å². The van der Waals surface area contributed by atoms with Gasteiger partial charge in [0.2, 0.25) is 0 Å². The van der Waals surface area contributed by atoms with E-state index in [1.165, 1.54) is 99.6 Å². The molecule has 2 heterocycles. The van der Waals surface area contributed by atoms with E-state index in [0.29, 0.717) is 5.41 Å². The zero-order valence-corrected chi connectivity index (χ0v) is 21.0. The number of rotatable bonds is 14. The maximum atomic E-state index is 2.55. The average Bonchev–Trinajstić information content (AvgIpc) is 3.33. The van der Waals surface area contributed by atoms with E-state index in [1.54, 1.807) is 20.9 Å². The lowest BCUT2D eigenvalue weighted by Crippen LogP contribution is -2.25. The third-order valence-electron chi connectivity index (χ3n) is 6.86. The molecule has 0 saturated carbocycles. The van der Waals surface area contributed by atoms with Crippen LogP contribution in [0.4, 0.5) is 0 Å². The Morgan fingerprint density at radius 2 is 0.966 bits per heavy atom. The summed E-state index contributed by atoms with van der Waals surface area (Å²) in [6, 6.07) is 5.10. The molecule has 2 aromatic heterocycles. The Kier molecular flexibility index (Phi) is 8.86. The van der Waals surface area contributed by atoms with E-state index >= 15 is 0 Å². The van der Waals surface area contributed by atoms with Crippen molar-refractivity contribution in [1.82, 2.24) is 0 Å². The van der Waals surface area contributed by atoms with Gasteiger partial charge in [-0.15, -0.1) is 22.7 Å². The summed E-state index contributed by atoms with van der Waals surface area (Å²) in [7, 11) is 0. The van der Waals surface area contributed by atoms with Gasteiger partial charge in [0.1, 0.15) is 0 Å². The van der Waals surface area contributed by atoms with Crippen LogP contribution in [-0.2, 0) is 5.41 Å². The molecular formula is C27H42S2. The van der Waals surface area contributed by atoms with E-state index < -0.39 is 0 Å². The Balaban J connectivity index is 1.75. The van der Waals surface area contributed by atoms with Crippen molar-refractivity contribution in [3.63, 3.8) is 0 Å². The highest BCUT2D eigenvalue weighted by atomic mass is 32.1. The van der Waals surface area contributed by atoms with Crippen molar-refractivity contribution < 1.29 is 0 Å². The van der Waals surface area contributed by atoms with Crippen LogP contribution in [0.1, 0.15) is 125 Å². The highest BCUT2D eigenvalue weighted by molar-refractivity contribution is 7.22. The Hall–Kier alpha value is -0.600. The minimum absolute atomic E-state index is 0.315. The fraction of sp³-hybridized carbons (Fsp3) is 0.704. The third-order valence-corrected chi connectivity index (χ3v) is 9.13. The molecule has 0 saturated heterocycles. The van der Waals surface area contributed by atoms with Crippen LogP contribution in [0.15, 0.2) is 12.1 Å². The zero-order chi connectivity index (χ0) is 20.7. The largest absolute Gasteiger partial charge is 0.139 e. The SMILES string of the molecule is CCCCCCCCC1(CCCCCCCC)c2cc(C)sc2-c2sc(C)cc21. The number of hydrogen-bond acceptors (Lipinski definition) is 2. The fourth-order valence-electron chi connectivity index (χ4n) is 5.30. The number of thiophene rings is 2. The molecular weight excluding hydrogens is 388 g/mol. The summed E-state index contributed by atoms with van der Waals surface area (Å²) < 4.78 is 0. The summed E-state index contributed by atoms with van der Waals surface area (Å²) in [5.41, 5.74) is 3.71. The fourth-order valence-corrected chi connectivity index (χ4v) is 7.68. The quantitative estimate of drug-likeness (QED) is 0.261. The number of fused-ring (bicyclic) bond motifs is 3. The van der Waals surface area contributed by atoms with E-state index in [1.807, 2.05) is 22.7 Å². The van der Waals surface area contributed by atoms with Crippen molar-refractivity contribution in [3.05, 3.63) is 33.0 Å². The summed E-state index contributed by atoms with van der Waals surface area (Å²) in [6.45, 7) is 9.25. The highest BCUT2D eigenvalue weighted by Gasteiger charge is 2.44. The highest BCUT2D eigenvalue weighted by Crippen LogP contribution is 2.59. The van der Waals surface area contributed by atoms with Crippen LogP contribution in [0.3, 0.4) is 0 Å². The molecule has 0 unspecified atom stereocenters. The molecule has 1 aliphatic carbocycles. The lowest BCUT2D eigenvalue weighted by molar-refractivity contribution is 0.398. The summed E-state index contributed by atoms with van der Waals surface area (Å²) in [5, 5.41) is 0. The summed E-state index contributed by atoms with van der Waals surface area (Å²) in [5.74, 6) is 0. The molecule has 0 fully saturated rings. The second-order valence-electron chi connectivity index (χ2n) is 9.32. The summed E-state index contributed by atoms with van der Waals surface area (Å²) in [6.07, 6.45) is 19.5. The van der Waals surface area contributed by atoms with Gasteiger partial charge in [0.25, 0.3) is 0 Å². The van der Waals surface area contributed by atoms with Crippen molar-refractivity contribution >= 4 is 22.7 Å². The molecule has 0 amide bonds. The Labute approximate surface area is 188 Å². The third kappa shape index (κ3) is 5.37. The van der Waals surface area contributed by atoms with Gasteiger partial charge in [-0.2, -0.15) is 0 Å². The standard InChI is InChI=1S/C27H42S2/c1-5-7-9-11-13-15-17-27(18-16-14-12-10-8-6-2)23-19-21(3)28-25(23)26-24(27)20-22(4)29-26/h19-20H,5-18H2,1-4H3. The molecule has 0 atom stereocenters. The van der Waals surface area contributed by atoms with Gasteiger partial charge >= 0.3 is 0 Å². The van der Waals surface area contributed by atoms with E-state index in [2.05, 4.69) is 39.8 Å². The predicted molar refractivity (Wildman–Crippen MR) is 134 cm³/mol. The maximum absolute atomic E-state index is 2.55. The molecule has 3 rings (SSSR count). The number of hydrogen-bond donors (Lipinski definition) is 0. The first-order chi connectivity index (χ1) is 14.1. The molecule has 0 aromatic carbocycles. The van der Waals surface area contributed by atoms with Gasteiger partial charge in [0.15, 0.2) is 0 Å². The molecule has 0 spiro atoms. The Morgan fingerprint density at radius 3 is 1.38 bits per heavy atom. The van der Waals surface area contributed by atoms with Gasteiger partial charge in [-0.05, 0) is 49.9 Å². The number of unbranched alkanes of at least 4 members (excludes halogenated alkanes) is 10. The summed E-state index contributed by atoms with van der Waals surface area (Å²) in [4.78, 5) is 6.24. The topological polar surface area (TPSA) is 0 Å². The van der Waals surface area contributed by atoms with Crippen molar-refractivity contribution in [1.29, 1.82) is 0 Å². The van der Waals surface area contributed by atoms with Crippen LogP contribution in [0.5, 0.6) is 0 Å². The van der Waals surface area contributed by atoms with Gasteiger partial charge in [-0.3, -0.25) is 0 Å². The van der Waals surface area contributed by atoms with Gasteiger partial charge < -0.3 is 0 Å². The molecule has 2 heteroatoms.